The molecule has 0 spiro atoms. The summed E-state index contributed by atoms with van der Waals surface area (Å²) in [6, 6.07) is 31.3. The molecule has 0 heterocycles. The fourth-order valence-electron chi connectivity index (χ4n) is 9.35. The summed E-state index contributed by atoms with van der Waals surface area (Å²) in [4.78, 5) is 0. The van der Waals surface area contributed by atoms with Gasteiger partial charge in [-0.1, -0.05) is 108 Å². The number of hydrogen-bond donors (Lipinski definition) is 0. The smallest absolute Gasteiger partial charge is 0.0248 e. The second-order valence-corrected chi connectivity index (χ2v) is 13.4. The highest BCUT2D eigenvalue weighted by atomic mass is 14.6. The lowest BCUT2D eigenvalue weighted by atomic mass is 9.72. The third-order valence-electron chi connectivity index (χ3n) is 11.0. The normalized spacial score (nSPS) is 26.3. The van der Waals surface area contributed by atoms with Crippen LogP contribution in [0.25, 0.3) is 0 Å². The summed E-state index contributed by atoms with van der Waals surface area (Å²) < 4.78 is 0. The molecule has 0 aromatic heterocycles. The predicted octanol–water partition coefficient (Wildman–Crippen LogP) is 9.37. The summed E-state index contributed by atoms with van der Waals surface area (Å²) in [5.41, 5.74) is 17.1. The van der Waals surface area contributed by atoms with Crippen LogP contribution in [0.3, 0.4) is 0 Å². The summed E-state index contributed by atoms with van der Waals surface area (Å²) in [6.45, 7) is 0. The molecule has 6 aliphatic carbocycles. The Balaban J connectivity index is 1.10. The third-order valence-corrected chi connectivity index (χ3v) is 11.0. The van der Waals surface area contributed by atoms with Crippen molar-refractivity contribution in [2.75, 3.05) is 0 Å². The van der Waals surface area contributed by atoms with Gasteiger partial charge in [0, 0.05) is 68.9 Å². The monoisotopic (exact) mass is 570 g/mol. The molecule has 6 bridgehead atoms. The largest absolute Gasteiger partial charge is 0.0658 e. The Morgan fingerprint density at radius 3 is 0.911 bits per heavy atom. The minimum Gasteiger partial charge on any atom is -0.0658 e. The SMILES string of the molecule is C(#Cc1ccccc1)C1=C[C@@H]2C[C@H]1c1c2c2c(c3c1[C@@H]1C=C(C#Cc4ccccc4)[C@H]3C1)[C@@H]1C=C(C#Cc3ccccc3)[C@H]2C1. The van der Waals surface area contributed by atoms with Gasteiger partial charge in [0.25, 0.3) is 0 Å². The topological polar surface area (TPSA) is 0 Å². The van der Waals surface area contributed by atoms with Gasteiger partial charge in [-0.15, -0.1) is 0 Å². The van der Waals surface area contributed by atoms with Crippen LogP contribution in [-0.2, 0) is 0 Å². The van der Waals surface area contributed by atoms with Crippen molar-refractivity contribution in [1.82, 2.24) is 0 Å². The standard InChI is InChI=1S/C45H30/c1-4-10-28(11-5-1)16-19-31-22-34-25-37(31)43-40(34)44-38-27-36(24-33(38)21-18-30-14-8-3-9-15-30)42(44)45-39-26-35(41(43)45)23-32(39)20-17-29-12-6-2-7-13-29/h1-15,22-24,34-39H,25-27H2/t34-,35-,36-,37-,38-,39-/m1/s1. The van der Waals surface area contributed by atoms with Crippen molar-refractivity contribution in [2.24, 2.45) is 0 Å². The second-order valence-electron chi connectivity index (χ2n) is 13.4. The second kappa shape index (κ2) is 9.64. The van der Waals surface area contributed by atoms with Crippen molar-refractivity contribution in [3.8, 4) is 35.5 Å². The van der Waals surface area contributed by atoms with Gasteiger partial charge in [-0.25, -0.2) is 0 Å². The molecule has 6 aliphatic rings. The van der Waals surface area contributed by atoms with E-state index in [0.29, 0.717) is 35.5 Å². The Morgan fingerprint density at radius 1 is 0.333 bits per heavy atom. The maximum atomic E-state index is 3.64. The zero-order valence-electron chi connectivity index (χ0n) is 25.0. The van der Waals surface area contributed by atoms with E-state index in [9.17, 15) is 0 Å². The van der Waals surface area contributed by atoms with Crippen LogP contribution in [0.1, 0.15) is 105 Å². The molecule has 45 heavy (non-hydrogen) atoms. The average molecular weight is 571 g/mol. The molecule has 210 valence electrons. The molecule has 6 atom stereocenters. The van der Waals surface area contributed by atoms with Gasteiger partial charge in [0.2, 0.25) is 0 Å². The Bertz CT molecular complexity index is 1930. The van der Waals surface area contributed by atoms with E-state index in [-0.39, 0.29) is 0 Å². The summed E-state index contributed by atoms with van der Waals surface area (Å²) in [6.07, 6.45) is 11.1. The van der Waals surface area contributed by atoms with Gasteiger partial charge < -0.3 is 0 Å². The lowest BCUT2D eigenvalue weighted by Crippen LogP contribution is -2.16. The lowest BCUT2D eigenvalue weighted by molar-refractivity contribution is 0.769. The molecule has 0 radical (unpaired) electrons. The van der Waals surface area contributed by atoms with E-state index in [1.165, 1.54) is 36.0 Å². The number of fused-ring (bicyclic) bond motifs is 18. The molecule has 0 saturated carbocycles. The van der Waals surface area contributed by atoms with Crippen LogP contribution in [0.2, 0.25) is 0 Å². The van der Waals surface area contributed by atoms with Crippen molar-refractivity contribution < 1.29 is 0 Å². The summed E-state index contributed by atoms with van der Waals surface area (Å²) in [5, 5.41) is 0. The molecule has 0 N–H and O–H groups in total. The fourth-order valence-corrected chi connectivity index (χ4v) is 9.35. The molecule has 0 unspecified atom stereocenters. The van der Waals surface area contributed by atoms with Gasteiger partial charge in [-0.05, 0) is 89.0 Å². The summed E-state index contributed by atoms with van der Waals surface area (Å²) in [7, 11) is 0. The van der Waals surface area contributed by atoms with Crippen LogP contribution in [0.4, 0.5) is 0 Å². The van der Waals surface area contributed by atoms with Gasteiger partial charge in [0.05, 0.1) is 0 Å². The molecule has 0 aliphatic heterocycles. The van der Waals surface area contributed by atoms with Crippen LogP contribution in [0.15, 0.2) is 126 Å². The first-order valence-electron chi connectivity index (χ1n) is 16.4. The van der Waals surface area contributed by atoms with Gasteiger partial charge >= 0.3 is 0 Å². The molecular formula is C45H30. The zero-order valence-corrected chi connectivity index (χ0v) is 25.0. The van der Waals surface area contributed by atoms with Crippen LogP contribution in [0, 0.1) is 35.5 Å². The first-order valence-corrected chi connectivity index (χ1v) is 16.4. The van der Waals surface area contributed by atoms with E-state index in [1.54, 1.807) is 33.4 Å². The summed E-state index contributed by atoms with van der Waals surface area (Å²) in [5.74, 6) is 24.0. The highest BCUT2D eigenvalue weighted by molar-refractivity contribution is 5.76. The molecule has 0 heteroatoms. The molecular weight excluding hydrogens is 540 g/mol. The predicted molar refractivity (Wildman–Crippen MR) is 181 cm³/mol. The van der Waals surface area contributed by atoms with Crippen molar-refractivity contribution in [2.45, 2.75) is 54.8 Å². The minimum atomic E-state index is 0.411. The Kier molecular flexibility index (Phi) is 5.39. The van der Waals surface area contributed by atoms with Crippen molar-refractivity contribution in [3.05, 3.63) is 176 Å². The highest BCUT2D eigenvalue weighted by Crippen LogP contribution is 2.68. The van der Waals surface area contributed by atoms with Crippen LogP contribution in [-0.4, -0.2) is 0 Å². The Labute approximate surface area is 265 Å². The zero-order chi connectivity index (χ0) is 29.5. The highest BCUT2D eigenvalue weighted by Gasteiger charge is 2.53. The van der Waals surface area contributed by atoms with Crippen molar-refractivity contribution in [3.63, 3.8) is 0 Å². The van der Waals surface area contributed by atoms with E-state index >= 15 is 0 Å². The molecule has 0 saturated heterocycles. The number of rotatable bonds is 0. The fraction of sp³-hybridized carbons (Fsp3) is 0.200. The molecule has 4 aromatic rings. The van der Waals surface area contributed by atoms with Crippen LogP contribution >= 0.6 is 0 Å². The third kappa shape index (κ3) is 3.78. The van der Waals surface area contributed by atoms with Gasteiger partial charge in [-0.3, -0.25) is 0 Å². The Morgan fingerprint density at radius 2 is 0.622 bits per heavy atom. The van der Waals surface area contributed by atoms with Gasteiger partial charge in [0.15, 0.2) is 0 Å². The summed E-state index contributed by atoms with van der Waals surface area (Å²) >= 11 is 0. The molecule has 10 rings (SSSR count). The van der Waals surface area contributed by atoms with Crippen molar-refractivity contribution in [1.29, 1.82) is 0 Å². The number of hydrogen-bond acceptors (Lipinski definition) is 0. The minimum absolute atomic E-state index is 0.411. The maximum Gasteiger partial charge on any atom is 0.0248 e. The van der Waals surface area contributed by atoms with Gasteiger partial charge in [0.1, 0.15) is 0 Å². The van der Waals surface area contributed by atoms with E-state index in [4.69, 9.17) is 0 Å². The van der Waals surface area contributed by atoms with Crippen molar-refractivity contribution >= 4 is 0 Å². The van der Waals surface area contributed by atoms with E-state index in [2.05, 4.69) is 145 Å². The van der Waals surface area contributed by atoms with E-state index in [0.717, 1.165) is 16.7 Å². The van der Waals surface area contributed by atoms with Crippen LogP contribution < -0.4 is 0 Å². The van der Waals surface area contributed by atoms with Crippen LogP contribution in [0.5, 0.6) is 0 Å². The van der Waals surface area contributed by atoms with E-state index < -0.39 is 0 Å². The number of benzene rings is 4. The lowest BCUT2D eigenvalue weighted by Gasteiger charge is -2.31. The molecule has 0 fully saturated rings. The molecule has 0 amide bonds. The van der Waals surface area contributed by atoms with E-state index in [1.807, 2.05) is 0 Å². The maximum absolute atomic E-state index is 3.64. The first-order chi connectivity index (χ1) is 22.3. The average Bonchev–Trinajstić information content (AvgIpc) is 3.95. The first kappa shape index (κ1) is 25.1. The quantitative estimate of drug-likeness (QED) is 0.185. The Hall–Kier alpha value is -5.22. The van der Waals surface area contributed by atoms with Gasteiger partial charge in [-0.2, -0.15) is 0 Å². The molecule has 4 aromatic carbocycles. The molecule has 0 nitrogen and oxygen atoms in total. The number of allylic oxidation sites excluding steroid dienone is 6.